The minimum Gasteiger partial charge on any atom is -0.408 e. The Morgan fingerprint density at radius 2 is 1.84 bits per heavy atom. The zero-order chi connectivity index (χ0) is 18.0. The van der Waals surface area contributed by atoms with Crippen LogP contribution in [-0.2, 0) is 15.8 Å². The van der Waals surface area contributed by atoms with E-state index in [0.717, 1.165) is 0 Å². The third-order valence-electron chi connectivity index (χ3n) is 4.12. The van der Waals surface area contributed by atoms with Crippen molar-refractivity contribution in [1.29, 1.82) is 0 Å². The molecule has 1 aliphatic heterocycles. The van der Waals surface area contributed by atoms with Crippen LogP contribution in [0.3, 0.4) is 0 Å². The number of piperazine rings is 1. The number of hydrogen-bond donors (Lipinski definition) is 0. The Morgan fingerprint density at radius 3 is 2.44 bits per heavy atom. The minimum atomic E-state index is -3.42. The van der Waals surface area contributed by atoms with E-state index >= 15 is 0 Å². The first-order chi connectivity index (χ1) is 11.9. The van der Waals surface area contributed by atoms with E-state index in [-0.39, 0.29) is 11.7 Å². The average molecular weight is 385 g/mol. The molecule has 0 radical (unpaired) electrons. The van der Waals surface area contributed by atoms with Crippen LogP contribution in [-0.4, -0.2) is 49.1 Å². The lowest BCUT2D eigenvalue weighted by molar-refractivity contribution is 0.367. The van der Waals surface area contributed by atoms with Crippen molar-refractivity contribution >= 4 is 27.6 Å². The van der Waals surface area contributed by atoms with Gasteiger partial charge in [0.05, 0.1) is 5.75 Å². The van der Waals surface area contributed by atoms with E-state index in [0.29, 0.717) is 48.7 Å². The summed E-state index contributed by atoms with van der Waals surface area (Å²) in [6.07, 6.45) is 0. The van der Waals surface area contributed by atoms with Crippen molar-refractivity contribution in [3.05, 3.63) is 40.7 Å². The van der Waals surface area contributed by atoms with Gasteiger partial charge >= 0.3 is 6.01 Å². The highest BCUT2D eigenvalue weighted by molar-refractivity contribution is 7.88. The topological polar surface area (TPSA) is 79.5 Å². The molecule has 0 amide bonds. The minimum absolute atomic E-state index is 0.0925. The Bertz CT molecular complexity index is 829. The highest BCUT2D eigenvalue weighted by Gasteiger charge is 2.29. The number of benzene rings is 1. The molecule has 0 bridgehead atoms. The van der Waals surface area contributed by atoms with E-state index in [1.54, 1.807) is 24.3 Å². The van der Waals surface area contributed by atoms with Gasteiger partial charge in [-0.3, -0.25) is 0 Å². The molecule has 7 nitrogen and oxygen atoms in total. The van der Waals surface area contributed by atoms with Crippen LogP contribution in [0.5, 0.6) is 0 Å². The zero-order valence-corrected chi connectivity index (χ0v) is 15.8. The van der Waals surface area contributed by atoms with Crippen molar-refractivity contribution in [1.82, 2.24) is 14.5 Å². The molecule has 1 saturated heterocycles. The summed E-state index contributed by atoms with van der Waals surface area (Å²) in [5.41, 5.74) is 0.616. The normalized spacial score (nSPS) is 16.6. The number of aromatic nitrogens is 2. The SMILES string of the molecule is CC(C)c1nnc(N2CCN(S(=O)(=O)Cc3ccccc3Cl)CC2)o1. The second-order valence-corrected chi connectivity index (χ2v) is 8.69. The molecule has 0 unspecified atom stereocenters. The molecule has 9 heteroatoms. The molecule has 3 rings (SSSR count). The van der Waals surface area contributed by atoms with Crippen molar-refractivity contribution in [2.24, 2.45) is 0 Å². The summed E-state index contributed by atoms with van der Waals surface area (Å²) in [5, 5.41) is 8.54. The van der Waals surface area contributed by atoms with Gasteiger partial charge in [0, 0.05) is 37.1 Å². The van der Waals surface area contributed by atoms with Crippen LogP contribution in [0, 0.1) is 0 Å². The fraction of sp³-hybridized carbons (Fsp3) is 0.500. The van der Waals surface area contributed by atoms with Gasteiger partial charge in [-0.05, 0) is 11.6 Å². The maximum Gasteiger partial charge on any atom is 0.318 e. The lowest BCUT2D eigenvalue weighted by atomic mass is 10.2. The van der Waals surface area contributed by atoms with Gasteiger partial charge < -0.3 is 9.32 Å². The molecule has 136 valence electrons. The summed E-state index contributed by atoms with van der Waals surface area (Å²) in [6, 6.07) is 7.46. The number of halogens is 1. The van der Waals surface area contributed by atoms with Gasteiger partial charge in [0.1, 0.15) is 0 Å². The zero-order valence-electron chi connectivity index (χ0n) is 14.2. The van der Waals surface area contributed by atoms with Crippen LogP contribution in [0.2, 0.25) is 5.02 Å². The molecule has 1 aromatic carbocycles. The molecule has 0 aliphatic carbocycles. The van der Waals surface area contributed by atoms with Gasteiger partial charge in [-0.15, -0.1) is 5.10 Å². The fourth-order valence-corrected chi connectivity index (χ4v) is 4.48. The second kappa shape index (κ2) is 7.31. The molecule has 2 heterocycles. The van der Waals surface area contributed by atoms with Gasteiger partial charge in [0.25, 0.3) is 0 Å². The van der Waals surface area contributed by atoms with Gasteiger partial charge in [0.15, 0.2) is 0 Å². The number of rotatable bonds is 5. The summed E-state index contributed by atoms with van der Waals surface area (Å²) < 4.78 is 32.4. The number of hydrogen-bond acceptors (Lipinski definition) is 6. The third kappa shape index (κ3) is 4.13. The first-order valence-corrected chi connectivity index (χ1v) is 10.1. The van der Waals surface area contributed by atoms with E-state index in [2.05, 4.69) is 10.2 Å². The monoisotopic (exact) mass is 384 g/mol. The highest BCUT2D eigenvalue weighted by atomic mass is 35.5. The predicted octanol–water partition coefficient (Wildman–Crippen LogP) is 2.50. The van der Waals surface area contributed by atoms with Gasteiger partial charge in [-0.1, -0.05) is 48.7 Å². The van der Waals surface area contributed by atoms with Crippen LogP contribution in [0.25, 0.3) is 0 Å². The summed E-state index contributed by atoms with van der Waals surface area (Å²) >= 11 is 6.08. The van der Waals surface area contributed by atoms with E-state index in [1.807, 2.05) is 18.7 Å². The standard InChI is InChI=1S/C16H21ClN4O3S/c1-12(2)15-18-19-16(24-15)20-7-9-21(10-8-20)25(22,23)11-13-5-3-4-6-14(13)17/h3-6,12H,7-11H2,1-2H3. The molecule has 0 atom stereocenters. The maximum atomic E-state index is 12.6. The predicted molar refractivity (Wildman–Crippen MR) is 96.2 cm³/mol. The largest absolute Gasteiger partial charge is 0.408 e. The number of sulfonamides is 1. The van der Waals surface area contributed by atoms with Crippen LogP contribution >= 0.6 is 11.6 Å². The summed E-state index contributed by atoms with van der Waals surface area (Å²) in [4.78, 5) is 1.92. The Hall–Kier alpha value is -1.64. The Morgan fingerprint density at radius 1 is 1.16 bits per heavy atom. The smallest absolute Gasteiger partial charge is 0.318 e. The summed E-state index contributed by atoms with van der Waals surface area (Å²) in [6.45, 7) is 5.76. The molecule has 1 aromatic heterocycles. The Kier molecular flexibility index (Phi) is 5.31. The van der Waals surface area contributed by atoms with Crippen LogP contribution < -0.4 is 4.90 Å². The lowest BCUT2D eigenvalue weighted by Crippen LogP contribution is -2.49. The highest BCUT2D eigenvalue weighted by Crippen LogP contribution is 2.23. The van der Waals surface area contributed by atoms with Crippen molar-refractivity contribution in [2.75, 3.05) is 31.1 Å². The second-order valence-electron chi connectivity index (χ2n) is 6.31. The molecule has 25 heavy (non-hydrogen) atoms. The van der Waals surface area contributed by atoms with E-state index < -0.39 is 10.0 Å². The first-order valence-electron chi connectivity index (χ1n) is 8.16. The van der Waals surface area contributed by atoms with Gasteiger partial charge in [0.2, 0.25) is 15.9 Å². The molecular weight excluding hydrogens is 364 g/mol. The lowest BCUT2D eigenvalue weighted by Gasteiger charge is -2.32. The van der Waals surface area contributed by atoms with Crippen LogP contribution in [0.15, 0.2) is 28.7 Å². The quantitative estimate of drug-likeness (QED) is 0.788. The van der Waals surface area contributed by atoms with Crippen molar-refractivity contribution in [3.63, 3.8) is 0 Å². The molecule has 1 aliphatic rings. The maximum absolute atomic E-state index is 12.6. The molecule has 0 saturated carbocycles. The molecule has 2 aromatic rings. The molecule has 0 spiro atoms. The van der Waals surface area contributed by atoms with Crippen LogP contribution in [0.1, 0.15) is 31.2 Å². The Balaban J connectivity index is 1.64. The van der Waals surface area contributed by atoms with E-state index in [4.69, 9.17) is 16.0 Å². The fourth-order valence-electron chi connectivity index (χ4n) is 2.65. The number of nitrogens with zero attached hydrogens (tertiary/aromatic N) is 4. The summed E-state index contributed by atoms with van der Waals surface area (Å²) in [7, 11) is -3.42. The molecule has 1 fully saturated rings. The van der Waals surface area contributed by atoms with Crippen molar-refractivity contribution in [3.8, 4) is 0 Å². The molecule has 0 N–H and O–H groups in total. The van der Waals surface area contributed by atoms with Gasteiger partial charge in [-0.25, -0.2) is 8.42 Å². The van der Waals surface area contributed by atoms with Crippen LogP contribution in [0.4, 0.5) is 6.01 Å². The van der Waals surface area contributed by atoms with Crippen molar-refractivity contribution < 1.29 is 12.8 Å². The summed E-state index contributed by atoms with van der Waals surface area (Å²) in [5.74, 6) is 0.660. The van der Waals surface area contributed by atoms with E-state index in [1.165, 1.54) is 4.31 Å². The van der Waals surface area contributed by atoms with Gasteiger partial charge in [-0.2, -0.15) is 4.31 Å². The van der Waals surface area contributed by atoms with E-state index in [9.17, 15) is 8.42 Å². The average Bonchev–Trinajstić information content (AvgIpc) is 3.07. The Labute approximate surface area is 152 Å². The van der Waals surface area contributed by atoms with Crippen molar-refractivity contribution in [2.45, 2.75) is 25.5 Å². The first kappa shape index (κ1) is 18.2. The third-order valence-corrected chi connectivity index (χ3v) is 6.32. The number of anilines is 1. The molecular formula is C16H21ClN4O3S.